The Bertz CT molecular complexity index is 170. The van der Waals surface area contributed by atoms with Gasteiger partial charge in [0.05, 0.1) is 0 Å². The van der Waals surface area contributed by atoms with Crippen molar-refractivity contribution in [3.05, 3.63) is 0 Å². The molecule has 0 aromatic rings. The molecule has 0 bridgehead atoms. The van der Waals surface area contributed by atoms with Crippen LogP contribution >= 0.6 is 0 Å². The minimum Gasteiger partial charge on any atom is -0.303 e. The summed E-state index contributed by atoms with van der Waals surface area (Å²) >= 11 is 0. The molecule has 0 aromatic carbocycles. The van der Waals surface area contributed by atoms with Gasteiger partial charge in [-0.05, 0) is 49.7 Å². The van der Waals surface area contributed by atoms with Gasteiger partial charge in [-0.2, -0.15) is 0 Å². The van der Waals surface area contributed by atoms with Crippen LogP contribution in [-0.4, -0.2) is 24.5 Å². The summed E-state index contributed by atoms with van der Waals surface area (Å²) in [4.78, 5) is 2.62. The zero-order valence-electron chi connectivity index (χ0n) is 10.7. The van der Waals surface area contributed by atoms with Gasteiger partial charge in [-0.25, -0.2) is 0 Å². The highest BCUT2D eigenvalue weighted by atomic mass is 15.1. The molecular weight excluding hydrogens is 170 g/mol. The maximum atomic E-state index is 2.62. The molecule has 1 saturated heterocycles. The van der Waals surface area contributed by atoms with Gasteiger partial charge in [0.2, 0.25) is 0 Å². The number of piperidine rings is 1. The van der Waals surface area contributed by atoms with Crippen molar-refractivity contribution in [1.82, 2.24) is 4.90 Å². The van der Waals surface area contributed by atoms with Gasteiger partial charge in [0.1, 0.15) is 0 Å². The summed E-state index contributed by atoms with van der Waals surface area (Å²) in [5.74, 6) is 0. The van der Waals surface area contributed by atoms with Gasteiger partial charge < -0.3 is 4.90 Å². The molecule has 0 spiro atoms. The number of hydrogen-bond acceptors (Lipinski definition) is 1. The van der Waals surface area contributed by atoms with Crippen LogP contribution in [0.5, 0.6) is 0 Å². The van der Waals surface area contributed by atoms with Gasteiger partial charge in [-0.15, -0.1) is 0 Å². The summed E-state index contributed by atoms with van der Waals surface area (Å²) < 4.78 is 0. The Hall–Kier alpha value is -0.0400. The molecule has 0 N–H and O–H groups in total. The minimum atomic E-state index is 0.464. The number of hydrogen-bond donors (Lipinski definition) is 0. The van der Waals surface area contributed by atoms with E-state index in [4.69, 9.17) is 0 Å². The van der Waals surface area contributed by atoms with Crippen molar-refractivity contribution in [2.75, 3.05) is 19.6 Å². The molecule has 1 nitrogen and oxygen atoms in total. The van der Waals surface area contributed by atoms with Crippen LogP contribution in [-0.2, 0) is 0 Å². The summed E-state index contributed by atoms with van der Waals surface area (Å²) in [6, 6.07) is 0. The summed E-state index contributed by atoms with van der Waals surface area (Å²) in [6.45, 7) is 15.8. The van der Waals surface area contributed by atoms with E-state index < -0.39 is 0 Å². The van der Waals surface area contributed by atoms with Gasteiger partial charge in [0.25, 0.3) is 0 Å². The quantitative estimate of drug-likeness (QED) is 0.654. The molecule has 1 aliphatic heterocycles. The fourth-order valence-corrected chi connectivity index (χ4v) is 2.34. The molecule has 1 heterocycles. The molecule has 1 fully saturated rings. The molecule has 0 amide bonds. The van der Waals surface area contributed by atoms with E-state index in [1.807, 2.05) is 0 Å². The summed E-state index contributed by atoms with van der Waals surface area (Å²) in [5, 5.41) is 0. The molecule has 84 valence electrons. The first-order chi connectivity index (χ1) is 6.39. The van der Waals surface area contributed by atoms with Crippen LogP contribution in [0.3, 0.4) is 0 Å². The van der Waals surface area contributed by atoms with Crippen LogP contribution in [0.1, 0.15) is 53.9 Å². The average molecular weight is 197 g/mol. The maximum Gasteiger partial charge on any atom is -0.00133 e. The summed E-state index contributed by atoms with van der Waals surface area (Å²) in [5.41, 5.74) is 1.02. The summed E-state index contributed by atoms with van der Waals surface area (Å²) in [7, 11) is 0. The SMILES string of the molecule is CCCN1CCC(C)(C(C)(C)C)CC1. The standard InChI is InChI=1S/C13H27N/c1-6-9-14-10-7-13(5,8-11-14)12(2,3)4/h6-11H2,1-5H3. The van der Waals surface area contributed by atoms with E-state index >= 15 is 0 Å². The zero-order valence-corrected chi connectivity index (χ0v) is 10.7. The highest BCUT2D eigenvalue weighted by Gasteiger charge is 2.39. The first kappa shape index (κ1) is 12.0. The number of nitrogens with zero attached hydrogens (tertiary/aromatic N) is 1. The van der Waals surface area contributed by atoms with Gasteiger partial charge in [-0.1, -0.05) is 34.6 Å². The van der Waals surface area contributed by atoms with Crippen LogP contribution in [0, 0.1) is 10.8 Å². The largest absolute Gasteiger partial charge is 0.303 e. The van der Waals surface area contributed by atoms with Crippen molar-refractivity contribution >= 4 is 0 Å². The molecule has 1 rings (SSSR count). The molecule has 0 saturated carbocycles. The molecule has 0 unspecified atom stereocenters. The van der Waals surface area contributed by atoms with Gasteiger partial charge in [0, 0.05) is 0 Å². The maximum absolute atomic E-state index is 2.62. The molecule has 0 atom stereocenters. The van der Waals surface area contributed by atoms with Crippen molar-refractivity contribution < 1.29 is 0 Å². The zero-order chi connectivity index (χ0) is 10.8. The predicted octanol–water partition coefficient (Wildman–Crippen LogP) is 3.54. The van der Waals surface area contributed by atoms with Gasteiger partial charge >= 0.3 is 0 Å². The first-order valence-electron chi connectivity index (χ1n) is 6.11. The lowest BCUT2D eigenvalue weighted by molar-refractivity contribution is 0.0225. The second-order valence-electron chi connectivity index (χ2n) is 6.15. The van der Waals surface area contributed by atoms with E-state index in [2.05, 4.69) is 39.5 Å². The third-order valence-corrected chi connectivity index (χ3v) is 4.31. The van der Waals surface area contributed by atoms with Crippen molar-refractivity contribution in [3.8, 4) is 0 Å². The fraction of sp³-hybridized carbons (Fsp3) is 1.00. The Morgan fingerprint density at radius 3 is 2.00 bits per heavy atom. The predicted molar refractivity (Wildman–Crippen MR) is 63.5 cm³/mol. The molecular formula is C13H27N. The second kappa shape index (κ2) is 4.22. The van der Waals surface area contributed by atoms with Crippen LogP contribution in [0.2, 0.25) is 0 Å². The smallest absolute Gasteiger partial charge is 0.00133 e. The minimum absolute atomic E-state index is 0.464. The van der Waals surface area contributed by atoms with Crippen LogP contribution in [0.15, 0.2) is 0 Å². The Morgan fingerprint density at radius 2 is 1.64 bits per heavy atom. The highest BCUT2D eigenvalue weighted by Crippen LogP contribution is 2.46. The van der Waals surface area contributed by atoms with Crippen molar-refractivity contribution in [2.24, 2.45) is 10.8 Å². The van der Waals surface area contributed by atoms with E-state index in [0.717, 1.165) is 0 Å². The van der Waals surface area contributed by atoms with E-state index in [1.54, 1.807) is 0 Å². The Balaban J connectivity index is 2.49. The topological polar surface area (TPSA) is 3.24 Å². The molecule has 14 heavy (non-hydrogen) atoms. The lowest BCUT2D eigenvalue weighted by Gasteiger charge is -2.48. The molecule has 0 aliphatic carbocycles. The molecule has 0 aromatic heterocycles. The number of likely N-dealkylation sites (tertiary alicyclic amines) is 1. The normalized spacial score (nSPS) is 23.8. The van der Waals surface area contributed by atoms with E-state index in [0.29, 0.717) is 10.8 Å². The van der Waals surface area contributed by atoms with Crippen molar-refractivity contribution in [3.63, 3.8) is 0 Å². The van der Waals surface area contributed by atoms with Gasteiger partial charge in [0.15, 0.2) is 0 Å². The summed E-state index contributed by atoms with van der Waals surface area (Å²) in [6.07, 6.45) is 4.04. The first-order valence-corrected chi connectivity index (χ1v) is 6.11. The number of rotatable bonds is 2. The Morgan fingerprint density at radius 1 is 1.14 bits per heavy atom. The van der Waals surface area contributed by atoms with Gasteiger partial charge in [-0.3, -0.25) is 0 Å². The lowest BCUT2D eigenvalue weighted by atomic mass is 9.63. The van der Waals surface area contributed by atoms with Crippen LogP contribution < -0.4 is 0 Å². The fourth-order valence-electron chi connectivity index (χ4n) is 2.34. The Labute approximate surface area is 89.9 Å². The second-order valence-corrected chi connectivity index (χ2v) is 6.15. The lowest BCUT2D eigenvalue weighted by Crippen LogP contribution is -2.44. The monoisotopic (exact) mass is 197 g/mol. The van der Waals surface area contributed by atoms with Crippen LogP contribution in [0.25, 0.3) is 0 Å². The van der Waals surface area contributed by atoms with E-state index in [9.17, 15) is 0 Å². The van der Waals surface area contributed by atoms with Crippen molar-refractivity contribution in [2.45, 2.75) is 53.9 Å². The molecule has 1 heteroatoms. The van der Waals surface area contributed by atoms with E-state index in [1.165, 1.54) is 38.9 Å². The third kappa shape index (κ3) is 2.50. The van der Waals surface area contributed by atoms with Crippen LogP contribution in [0.4, 0.5) is 0 Å². The van der Waals surface area contributed by atoms with E-state index in [-0.39, 0.29) is 0 Å². The average Bonchev–Trinajstić information content (AvgIpc) is 2.08. The van der Waals surface area contributed by atoms with Crippen molar-refractivity contribution in [1.29, 1.82) is 0 Å². The highest BCUT2D eigenvalue weighted by molar-refractivity contribution is 4.90. The third-order valence-electron chi connectivity index (χ3n) is 4.31. The molecule has 1 aliphatic rings. The molecule has 0 radical (unpaired) electrons. The Kier molecular flexibility index (Phi) is 3.63.